The van der Waals surface area contributed by atoms with Crippen LogP contribution in [0.2, 0.25) is 0 Å². The van der Waals surface area contributed by atoms with Gasteiger partial charge in [-0.3, -0.25) is 9.59 Å². The zero-order valence-electron chi connectivity index (χ0n) is 11.3. The van der Waals surface area contributed by atoms with Crippen molar-refractivity contribution in [3.63, 3.8) is 0 Å². The SMILES string of the molecule is CCC(CC)Nc1ccc(C(=O)NCC(=O)O)cc1. The molecule has 0 aliphatic heterocycles. The Morgan fingerprint density at radius 3 is 2.21 bits per heavy atom. The summed E-state index contributed by atoms with van der Waals surface area (Å²) in [4.78, 5) is 22.0. The van der Waals surface area contributed by atoms with E-state index in [1.165, 1.54) is 0 Å². The van der Waals surface area contributed by atoms with Gasteiger partial charge < -0.3 is 15.7 Å². The van der Waals surface area contributed by atoms with Gasteiger partial charge in [-0.05, 0) is 37.1 Å². The predicted molar refractivity (Wildman–Crippen MR) is 74.4 cm³/mol. The maximum absolute atomic E-state index is 11.6. The first-order valence-corrected chi connectivity index (χ1v) is 6.43. The number of rotatable bonds is 7. The first-order chi connectivity index (χ1) is 9.06. The van der Waals surface area contributed by atoms with Gasteiger partial charge in [0, 0.05) is 17.3 Å². The highest BCUT2D eigenvalue weighted by Crippen LogP contribution is 2.13. The molecule has 0 fully saturated rings. The van der Waals surface area contributed by atoms with Crippen molar-refractivity contribution in [3.8, 4) is 0 Å². The highest BCUT2D eigenvalue weighted by molar-refractivity contribution is 5.96. The molecule has 1 amide bonds. The van der Waals surface area contributed by atoms with Crippen LogP contribution in [0.3, 0.4) is 0 Å². The number of nitrogens with one attached hydrogen (secondary N) is 2. The molecule has 0 spiro atoms. The van der Waals surface area contributed by atoms with Gasteiger partial charge in [-0.25, -0.2) is 0 Å². The highest BCUT2D eigenvalue weighted by Gasteiger charge is 2.08. The quantitative estimate of drug-likeness (QED) is 0.704. The van der Waals surface area contributed by atoms with Gasteiger partial charge in [0.25, 0.3) is 5.91 Å². The van der Waals surface area contributed by atoms with Gasteiger partial charge in [0.1, 0.15) is 6.54 Å². The maximum Gasteiger partial charge on any atom is 0.322 e. The molecule has 0 saturated carbocycles. The second-order valence-electron chi connectivity index (χ2n) is 4.31. The second kappa shape index (κ2) is 7.41. The van der Waals surface area contributed by atoms with Crippen molar-refractivity contribution in [1.82, 2.24) is 5.32 Å². The van der Waals surface area contributed by atoms with Crippen molar-refractivity contribution < 1.29 is 14.7 Å². The monoisotopic (exact) mass is 264 g/mol. The standard InChI is InChI=1S/C14H20N2O3/c1-3-11(4-2)16-12-7-5-10(6-8-12)14(19)15-9-13(17)18/h5-8,11,16H,3-4,9H2,1-2H3,(H,15,19)(H,17,18). The molecule has 104 valence electrons. The molecule has 19 heavy (non-hydrogen) atoms. The molecule has 0 saturated heterocycles. The fourth-order valence-corrected chi connectivity index (χ4v) is 1.70. The van der Waals surface area contributed by atoms with Crippen molar-refractivity contribution >= 4 is 17.6 Å². The Balaban J connectivity index is 2.60. The van der Waals surface area contributed by atoms with Crippen molar-refractivity contribution in [2.75, 3.05) is 11.9 Å². The van der Waals surface area contributed by atoms with Crippen molar-refractivity contribution in [1.29, 1.82) is 0 Å². The average Bonchev–Trinajstić information content (AvgIpc) is 2.42. The molecule has 0 aromatic heterocycles. The third-order valence-corrected chi connectivity index (χ3v) is 2.90. The Hall–Kier alpha value is -2.04. The van der Waals surface area contributed by atoms with Crippen molar-refractivity contribution in [2.45, 2.75) is 32.7 Å². The number of benzene rings is 1. The number of amides is 1. The summed E-state index contributed by atoms with van der Waals surface area (Å²) in [6.45, 7) is 3.87. The normalized spacial score (nSPS) is 10.3. The number of carbonyl (C=O) groups excluding carboxylic acids is 1. The molecular weight excluding hydrogens is 244 g/mol. The van der Waals surface area contributed by atoms with E-state index in [1.807, 2.05) is 12.1 Å². The first kappa shape index (κ1) is 15.0. The van der Waals surface area contributed by atoms with Crippen LogP contribution in [0.15, 0.2) is 24.3 Å². The van der Waals surface area contributed by atoms with Crippen LogP contribution >= 0.6 is 0 Å². The van der Waals surface area contributed by atoms with Crippen LogP contribution < -0.4 is 10.6 Å². The average molecular weight is 264 g/mol. The number of carboxylic acid groups (broad SMARTS) is 1. The van der Waals surface area contributed by atoms with Gasteiger partial charge in [0.2, 0.25) is 0 Å². The minimum atomic E-state index is -1.06. The Morgan fingerprint density at radius 1 is 1.16 bits per heavy atom. The van der Waals surface area contributed by atoms with Gasteiger partial charge in [0.05, 0.1) is 0 Å². The Kier molecular flexibility index (Phi) is 5.85. The number of hydrogen-bond acceptors (Lipinski definition) is 3. The Bertz CT molecular complexity index is 425. The molecule has 0 atom stereocenters. The molecule has 1 aromatic carbocycles. The molecule has 1 aromatic rings. The fraction of sp³-hybridized carbons (Fsp3) is 0.429. The molecule has 5 heteroatoms. The van der Waals surface area contributed by atoms with E-state index in [2.05, 4.69) is 24.5 Å². The van der Waals surface area contributed by atoms with Crippen LogP contribution in [-0.4, -0.2) is 29.6 Å². The third-order valence-electron chi connectivity index (χ3n) is 2.90. The molecule has 0 radical (unpaired) electrons. The summed E-state index contributed by atoms with van der Waals surface area (Å²) in [5, 5.41) is 14.2. The van der Waals surface area contributed by atoms with Gasteiger partial charge in [-0.2, -0.15) is 0 Å². The first-order valence-electron chi connectivity index (χ1n) is 6.43. The lowest BCUT2D eigenvalue weighted by molar-refractivity contribution is -0.135. The minimum Gasteiger partial charge on any atom is -0.480 e. The van der Waals surface area contributed by atoms with E-state index in [0.29, 0.717) is 11.6 Å². The summed E-state index contributed by atoms with van der Waals surface area (Å²) in [6.07, 6.45) is 2.08. The van der Waals surface area contributed by atoms with E-state index in [0.717, 1.165) is 18.5 Å². The number of carbonyl (C=O) groups is 2. The zero-order valence-corrected chi connectivity index (χ0v) is 11.3. The lowest BCUT2D eigenvalue weighted by atomic mass is 10.1. The van der Waals surface area contributed by atoms with Crippen LogP contribution in [0.1, 0.15) is 37.0 Å². The van der Waals surface area contributed by atoms with Crippen molar-refractivity contribution in [2.24, 2.45) is 0 Å². The predicted octanol–water partition coefficient (Wildman–Crippen LogP) is 2.10. The van der Waals surface area contributed by atoms with E-state index in [4.69, 9.17) is 5.11 Å². The number of carboxylic acids is 1. The van der Waals surface area contributed by atoms with Crippen LogP contribution in [0.4, 0.5) is 5.69 Å². The van der Waals surface area contributed by atoms with Crippen LogP contribution in [0.25, 0.3) is 0 Å². The molecule has 0 heterocycles. The van der Waals surface area contributed by atoms with Crippen LogP contribution in [0.5, 0.6) is 0 Å². The van der Waals surface area contributed by atoms with Gasteiger partial charge >= 0.3 is 5.97 Å². The fourth-order valence-electron chi connectivity index (χ4n) is 1.70. The largest absolute Gasteiger partial charge is 0.480 e. The number of hydrogen-bond donors (Lipinski definition) is 3. The molecule has 0 bridgehead atoms. The Morgan fingerprint density at radius 2 is 1.74 bits per heavy atom. The van der Waals surface area contributed by atoms with E-state index >= 15 is 0 Å². The van der Waals surface area contributed by atoms with E-state index < -0.39 is 5.97 Å². The molecule has 0 aliphatic carbocycles. The van der Waals surface area contributed by atoms with Crippen LogP contribution in [0, 0.1) is 0 Å². The smallest absolute Gasteiger partial charge is 0.322 e. The summed E-state index contributed by atoms with van der Waals surface area (Å²) in [5.74, 6) is -1.43. The summed E-state index contributed by atoms with van der Waals surface area (Å²) in [6, 6.07) is 7.44. The molecular formula is C14H20N2O3. The highest BCUT2D eigenvalue weighted by atomic mass is 16.4. The van der Waals surface area contributed by atoms with Gasteiger partial charge in [-0.1, -0.05) is 13.8 Å². The molecule has 0 aliphatic rings. The van der Waals surface area contributed by atoms with E-state index in [9.17, 15) is 9.59 Å². The van der Waals surface area contributed by atoms with Gasteiger partial charge in [-0.15, -0.1) is 0 Å². The van der Waals surface area contributed by atoms with Crippen LogP contribution in [-0.2, 0) is 4.79 Å². The summed E-state index contributed by atoms with van der Waals surface area (Å²) in [7, 11) is 0. The lowest BCUT2D eigenvalue weighted by Gasteiger charge is -2.16. The number of anilines is 1. The summed E-state index contributed by atoms with van der Waals surface area (Å²) >= 11 is 0. The zero-order chi connectivity index (χ0) is 14.3. The second-order valence-corrected chi connectivity index (χ2v) is 4.31. The van der Waals surface area contributed by atoms with Crippen molar-refractivity contribution in [3.05, 3.63) is 29.8 Å². The number of aliphatic carboxylic acids is 1. The summed E-state index contributed by atoms with van der Waals surface area (Å²) in [5.41, 5.74) is 1.42. The summed E-state index contributed by atoms with van der Waals surface area (Å²) < 4.78 is 0. The Labute approximate surface area is 113 Å². The molecule has 1 rings (SSSR count). The molecule has 3 N–H and O–H groups in total. The van der Waals surface area contributed by atoms with Gasteiger partial charge in [0.15, 0.2) is 0 Å². The topological polar surface area (TPSA) is 78.4 Å². The minimum absolute atomic E-state index is 0.368. The van der Waals surface area contributed by atoms with E-state index in [1.54, 1.807) is 12.1 Å². The maximum atomic E-state index is 11.6. The van der Waals surface area contributed by atoms with E-state index in [-0.39, 0.29) is 12.5 Å². The third kappa shape index (κ3) is 4.99. The molecule has 5 nitrogen and oxygen atoms in total. The molecule has 0 unspecified atom stereocenters. The lowest BCUT2D eigenvalue weighted by Crippen LogP contribution is -2.29.